The fraction of sp³-hybridized carbons (Fsp3) is 0.900. The lowest BCUT2D eigenvalue weighted by Crippen LogP contribution is -2.47. The van der Waals surface area contributed by atoms with Crippen LogP contribution in [-0.4, -0.2) is 52.6 Å². The van der Waals surface area contributed by atoms with Gasteiger partial charge in [0.15, 0.2) is 0 Å². The van der Waals surface area contributed by atoms with E-state index < -0.39 is 5.60 Å². The molecule has 2 heterocycles. The molecule has 2 saturated heterocycles. The zero-order valence-electron chi connectivity index (χ0n) is 8.62. The summed E-state index contributed by atoms with van der Waals surface area (Å²) in [6, 6.07) is 0. The average molecular weight is 278 g/mol. The van der Waals surface area contributed by atoms with Gasteiger partial charge < -0.3 is 14.7 Å². The van der Waals surface area contributed by atoms with Crippen molar-refractivity contribution in [3.05, 3.63) is 0 Å². The first kappa shape index (κ1) is 11.4. The SMILES string of the molecule is O=C1C(Br)CCN1CC1(O)CCOCC1. The van der Waals surface area contributed by atoms with Crippen molar-refractivity contribution in [3.63, 3.8) is 0 Å². The van der Waals surface area contributed by atoms with E-state index in [0.717, 1.165) is 13.0 Å². The van der Waals surface area contributed by atoms with E-state index in [0.29, 0.717) is 32.6 Å². The van der Waals surface area contributed by atoms with Crippen LogP contribution in [0.15, 0.2) is 0 Å². The number of nitrogens with zero attached hydrogens (tertiary/aromatic N) is 1. The molecule has 0 saturated carbocycles. The number of aliphatic hydroxyl groups is 1. The van der Waals surface area contributed by atoms with Gasteiger partial charge in [0.05, 0.1) is 10.4 Å². The fourth-order valence-electron chi connectivity index (χ4n) is 2.12. The Bertz CT molecular complexity index is 253. The van der Waals surface area contributed by atoms with Gasteiger partial charge in [-0.1, -0.05) is 15.9 Å². The smallest absolute Gasteiger partial charge is 0.236 e. The second-order valence-corrected chi connectivity index (χ2v) is 5.46. The largest absolute Gasteiger partial charge is 0.388 e. The summed E-state index contributed by atoms with van der Waals surface area (Å²) in [5.74, 6) is 0.106. The lowest BCUT2D eigenvalue weighted by atomic mass is 9.94. The number of likely N-dealkylation sites (tertiary alicyclic amines) is 1. The Kier molecular flexibility index (Phi) is 3.33. The number of amides is 1. The van der Waals surface area contributed by atoms with Crippen molar-refractivity contribution in [2.24, 2.45) is 0 Å². The number of alkyl halides is 1. The van der Waals surface area contributed by atoms with Gasteiger partial charge in [-0.2, -0.15) is 0 Å². The summed E-state index contributed by atoms with van der Waals surface area (Å²) in [4.78, 5) is 13.4. The summed E-state index contributed by atoms with van der Waals surface area (Å²) in [7, 11) is 0. The summed E-state index contributed by atoms with van der Waals surface area (Å²) >= 11 is 3.33. The Morgan fingerprint density at radius 1 is 1.53 bits per heavy atom. The summed E-state index contributed by atoms with van der Waals surface area (Å²) in [5.41, 5.74) is -0.731. The van der Waals surface area contributed by atoms with Crippen LogP contribution in [0.3, 0.4) is 0 Å². The average Bonchev–Trinajstić information content (AvgIpc) is 2.50. The predicted molar refractivity (Wildman–Crippen MR) is 58.9 cm³/mol. The molecular weight excluding hydrogens is 262 g/mol. The van der Waals surface area contributed by atoms with E-state index >= 15 is 0 Å². The Labute approximate surface area is 97.7 Å². The molecule has 1 unspecified atom stereocenters. The molecule has 0 aromatic rings. The molecular formula is C10H16BrNO3. The molecule has 0 radical (unpaired) electrons. The second-order valence-electron chi connectivity index (χ2n) is 4.35. The number of carbonyl (C=O) groups excluding carboxylic acids is 1. The zero-order valence-corrected chi connectivity index (χ0v) is 10.2. The minimum atomic E-state index is -0.731. The maximum absolute atomic E-state index is 11.7. The minimum Gasteiger partial charge on any atom is -0.388 e. The van der Waals surface area contributed by atoms with Crippen LogP contribution in [0.25, 0.3) is 0 Å². The molecule has 5 heteroatoms. The topological polar surface area (TPSA) is 49.8 Å². The van der Waals surface area contributed by atoms with E-state index in [9.17, 15) is 9.90 Å². The number of carbonyl (C=O) groups is 1. The summed E-state index contributed by atoms with van der Waals surface area (Å²) in [6.45, 7) is 2.39. The van der Waals surface area contributed by atoms with Crippen molar-refractivity contribution >= 4 is 21.8 Å². The van der Waals surface area contributed by atoms with Gasteiger partial charge >= 0.3 is 0 Å². The number of hydrogen-bond acceptors (Lipinski definition) is 3. The molecule has 0 spiro atoms. The molecule has 2 fully saturated rings. The van der Waals surface area contributed by atoms with Crippen LogP contribution in [-0.2, 0) is 9.53 Å². The molecule has 2 rings (SSSR count). The minimum absolute atomic E-state index is 0.0547. The third-order valence-corrected chi connectivity index (χ3v) is 3.99. The predicted octanol–water partition coefficient (Wildman–Crippen LogP) is 0.524. The molecule has 86 valence electrons. The van der Waals surface area contributed by atoms with Gasteiger partial charge in [0.1, 0.15) is 0 Å². The molecule has 2 aliphatic rings. The van der Waals surface area contributed by atoms with Crippen molar-refractivity contribution in [1.82, 2.24) is 4.90 Å². The van der Waals surface area contributed by atoms with Crippen molar-refractivity contribution in [1.29, 1.82) is 0 Å². The van der Waals surface area contributed by atoms with E-state index in [-0.39, 0.29) is 10.7 Å². The Balaban J connectivity index is 1.93. The van der Waals surface area contributed by atoms with Crippen LogP contribution >= 0.6 is 15.9 Å². The lowest BCUT2D eigenvalue weighted by molar-refractivity contribution is -0.134. The molecule has 1 amide bonds. The standard InChI is InChI=1S/C10H16BrNO3/c11-8-1-4-12(9(8)13)7-10(14)2-5-15-6-3-10/h8,14H,1-7H2. The second kappa shape index (κ2) is 4.39. The maximum Gasteiger partial charge on any atom is 0.236 e. The maximum atomic E-state index is 11.7. The van der Waals surface area contributed by atoms with Gasteiger partial charge in [0.25, 0.3) is 0 Å². The first-order valence-electron chi connectivity index (χ1n) is 5.34. The highest BCUT2D eigenvalue weighted by Gasteiger charge is 2.37. The van der Waals surface area contributed by atoms with Gasteiger partial charge in [-0.25, -0.2) is 0 Å². The van der Waals surface area contributed by atoms with Gasteiger partial charge in [-0.3, -0.25) is 4.79 Å². The zero-order chi connectivity index (χ0) is 10.9. The molecule has 4 nitrogen and oxygen atoms in total. The molecule has 0 aromatic heterocycles. The van der Waals surface area contributed by atoms with Crippen LogP contribution in [0.4, 0.5) is 0 Å². The number of rotatable bonds is 2. The normalized spacial score (nSPS) is 30.9. The highest BCUT2D eigenvalue weighted by Crippen LogP contribution is 2.26. The summed E-state index contributed by atoms with van der Waals surface area (Å²) < 4.78 is 5.20. The number of β-amino-alcohol motifs (C(OH)–C–C–N with tert-alkyl or cyclic N) is 1. The Morgan fingerprint density at radius 3 is 2.73 bits per heavy atom. The Morgan fingerprint density at radius 2 is 2.20 bits per heavy atom. The van der Waals surface area contributed by atoms with Crippen molar-refractivity contribution in [2.45, 2.75) is 29.7 Å². The van der Waals surface area contributed by atoms with Gasteiger partial charge in [-0.15, -0.1) is 0 Å². The van der Waals surface area contributed by atoms with E-state index in [1.54, 1.807) is 4.90 Å². The van der Waals surface area contributed by atoms with Gasteiger partial charge in [-0.05, 0) is 6.42 Å². The molecule has 2 aliphatic heterocycles. The summed E-state index contributed by atoms with van der Waals surface area (Å²) in [6.07, 6.45) is 2.10. The van der Waals surface area contributed by atoms with Crippen molar-refractivity contribution in [3.8, 4) is 0 Å². The van der Waals surface area contributed by atoms with E-state index in [1.807, 2.05) is 0 Å². The monoisotopic (exact) mass is 277 g/mol. The quantitative estimate of drug-likeness (QED) is 0.749. The van der Waals surface area contributed by atoms with E-state index in [2.05, 4.69) is 15.9 Å². The van der Waals surface area contributed by atoms with Gasteiger partial charge in [0, 0.05) is 39.1 Å². The van der Waals surface area contributed by atoms with Crippen LogP contribution < -0.4 is 0 Å². The van der Waals surface area contributed by atoms with Gasteiger partial charge in [0.2, 0.25) is 5.91 Å². The Hall–Kier alpha value is -0.130. The lowest BCUT2D eigenvalue weighted by Gasteiger charge is -2.35. The molecule has 1 atom stereocenters. The number of ether oxygens (including phenoxy) is 1. The van der Waals surface area contributed by atoms with Crippen LogP contribution in [0.2, 0.25) is 0 Å². The third kappa shape index (κ3) is 2.52. The third-order valence-electron chi connectivity index (χ3n) is 3.14. The number of hydrogen-bond donors (Lipinski definition) is 1. The van der Waals surface area contributed by atoms with E-state index in [1.165, 1.54) is 0 Å². The van der Waals surface area contributed by atoms with Crippen LogP contribution in [0.1, 0.15) is 19.3 Å². The molecule has 1 N–H and O–H groups in total. The van der Waals surface area contributed by atoms with Crippen LogP contribution in [0.5, 0.6) is 0 Å². The molecule has 15 heavy (non-hydrogen) atoms. The fourth-order valence-corrected chi connectivity index (χ4v) is 2.62. The molecule has 0 bridgehead atoms. The first-order valence-corrected chi connectivity index (χ1v) is 6.25. The molecule has 0 aliphatic carbocycles. The highest BCUT2D eigenvalue weighted by atomic mass is 79.9. The number of halogens is 1. The highest BCUT2D eigenvalue weighted by molar-refractivity contribution is 9.10. The molecule has 0 aromatic carbocycles. The van der Waals surface area contributed by atoms with E-state index in [4.69, 9.17) is 4.74 Å². The van der Waals surface area contributed by atoms with Crippen molar-refractivity contribution in [2.75, 3.05) is 26.3 Å². The van der Waals surface area contributed by atoms with Crippen molar-refractivity contribution < 1.29 is 14.6 Å². The van der Waals surface area contributed by atoms with Crippen LogP contribution in [0, 0.1) is 0 Å². The summed E-state index contributed by atoms with van der Waals surface area (Å²) in [5, 5.41) is 10.2. The first-order chi connectivity index (χ1) is 7.11.